The first-order valence-electron chi connectivity index (χ1n) is 8.32. The quantitative estimate of drug-likeness (QED) is 0.668. The van der Waals surface area contributed by atoms with E-state index in [1.54, 1.807) is 24.2 Å². The van der Waals surface area contributed by atoms with E-state index in [1.807, 2.05) is 47.0 Å². The van der Waals surface area contributed by atoms with E-state index in [-0.39, 0.29) is 11.7 Å². The molecule has 0 saturated carbocycles. The number of para-hydroxylation sites is 1. The fourth-order valence-corrected chi connectivity index (χ4v) is 4.05. The minimum atomic E-state index is -0.0984. The molecule has 3 heterocycles. The molecule has 1 amide bonds. The van der Waals surface area contributed by atoms with E-state index < -0.39 is 0 Å². The largest absolute Gasteiger partial charge is 0.305 e. The smallest absolute Gasteiger partial charge is 0.236 e. The van der Waals surface area contributed by atoms with Gasteiger partial charge in [-0.3, -0.25) is 19.3 Å². The highest BCUT2D eigenvalue weighted by atomic mass is 32.2. The number of aromatic nitrogens is 4. The standard InChI is InChI=1S/C18H16N6OS2/c25-15(21-17-20-9-10-26-17)12-27-18-23-22-16(13-5-4-8-19-11-13)24(18)14-6-2-1-3-7-14/h1-8,11H,9-10,12H2,(H,20,21,25). The molecule has 2 aromatic heterocycles. The summed E-state index contributed by atoms with van der Waals surface area (Å²) in [7, 11) is 0. The van der Waals surface area contributed by atoms with E-state index in [2.05, 4.69) is 25.5 Å². The third-order valence-electron chi connectivity index (χ3n) is 3.73. The van der Waals surface area contributed by atoms with Gasteiger partial charge in [0, 0.05) is 29.4 Å². The summed E-state index contributed by atoms with van der Waals surface area (Å²) in [6.45, 7) is 0.754. The number of amidine groups is 1. The average Bonchev–Trinajstić information content (AvgIpc) is 3.37. The molecule has 136 valence electrons. The number of nitrogens with zero attached hydrogens (tertiary/aromatic N) is 5. The van der Waals surface area contributed by atoms with Gasteiger partial charge in [-0.2, -0.15) is 0 Å². The van der Waals surface area contributed by atoms with Crippen LogP contribution in [0, 0.1) is 0 Å². The highest BCUT2D eigenvalue weighted by Gasteiger charge is 2.18. The summed E-state index contributed by atoms with van der Waals surface area (Å²) in [5, 5.41) is 12.8. The molecule has 0 radical (unpaired) electrons. The van der Waals surface area contributed by atoms with Crippen molar-refractivity contribution >= 4 is 34.6 Å². The average molecular weight is 397 g/mol. The molecule has 0 unspecified atom stereocenters. The fourth-order valence-electron chi connectivity index (χ4n) is 2.55. The van der Waals surface area contributed by atoms with Gasteiger partial charge in [-0.05, 0) is 24.3 Å². The minimum absolute atomic E-state index is 0.0984. The lowest BCUT2D eigenvalue weighted by molar-refractivity contribution is -0.117. The fraction of sp³-hybridized carbons (Fsp3) is 0.167. The highest BCUT2D eigenvalue weighted by Crippen LogP contribution is 2.27. The molecule has 1 aromatic carbocycles. The van der Waals surface area contributed by atoms with Gasteiger partial charge in [0.1, 0.15) is 0 Å². The lowest BCUT2D eigenvalue weighted by Gasteiger charge is -2.10. The van der Waals surface area contributed by atoms with Gasteiger partial charge in [-0.1, -0.05) is 41.7 Å². The first-order valence-corrected chi connectivity index (χ1v) is 10.3. The van der Waals surface area contributed by atoms with Crippen LogP contribution in [0.4, 0.5) is 0 Å². The van der Waals surface area contributed by atoms with Crippen LogP contribution >= 0.6 is 23.5 Å². The Kier molecular flexibility index (Phi) is 5.50. The molecular weight excluding hydrogens is 380 g/mol. The molecule has 27 heavy (non-hydrogen) atoms. The summed E-state index contributed by atoms with van der Waals surface area (Å²) in [6, 6.07) is 13.6. The second kappa shape index (κ2) is 8.36. The Bertz CT molecular complexity index is 958. The maximum absolute atomic E-state index is 12.2. The Balaban J connectivity index is 1.59. The van der Waals surface area contributed by atoms with Gasteiger partial charge in [-0.15, -0.1) is 10.2 Å². The van der Waals surface area contributed by atoms with E-state index in [4.69, 9.17) is 0 Å². The summed E-state index contributed by atoms with van der Waals surface area (Å²) >= 11 is 2.90. The van der Waals surface area contributed by atoms with E-state index in [9.17, 15) is 4.79 Å². The van der Waals surface area contributed by atoms with Crippen molar-refractivity contribution in [3.8, 4) is 17.1 Å². The summed E-state index contributed by atoms with van der Waals surface area (Å²) in [6.07, 6.45) is 3.47. The molecule has 0 aliphatic carbocycles. The van der Waals surface area contributed by atoms with Crippen LogP contribution < -0.4 is 5.32 Å². The van der Waals surface area contributed by atoms with E-state index in [0.29, 0.717) is 16.1 Å². The highest BCUT2D eigenvalue weighted by molar-refractivity contribution is 8.14. The number of thioether (sulfide) groups is 2. The molecule has 1 N–H and O–H groups in total. The molecule has 0 saturated heterocycles. The lowest BCUT2D eigenvalue weighted by Crippen LogP contribution is -2.29. The predicted octanol–water partition coefficient (Wildman–Crippen LogP) is 2.64. The predicted molar refractivity (Wildman–Crippen MR) is 108 cm³/mol. The number of amides is 1. The first kappa shape index (κ1) is 17.7. The van der Waals surface area contributed by atoms with E-state index in [0.717, 1.165) is 23.5 Å². The normalized spacial score (nSPS) is 13.4. The summed E-state index contributed by atoms with van der Waals surface area (Å²) in [4.78, 5) is 20.6. The van der Waals surface area contributed by atoms with Crippen molar-refractivity contribution < 1.29 is 4.79 Å². The van der Waals surface area contributed by atoms with Gasteiger partial charge in [-0.25, -0.2) is 0 Å². The van der Waals surface area contributed by atoms with Crippen LogP contribution in [0.15, 0.2) is 65.0 Å². The first-order chi connectivity index (χ1) is 13.3. The Morgan fingerprint density at radius 3 is 2.81 bits per heavy atom. The Morgan fingerprint density at radius 1 is 1.19 bits per heavy atom. The summed E-state index contributed by atoms with van der Waals surface area (Å²) in [5.74, 6) is 1.74. The minimum Gasteiger partial charge on any atom is -0.305 e. The molecule has 3 aromatic rings. The molecule has 9 heteroatoms. The number of hydrogen-bond acceptors (Lipinski definition) is 7. The summed E-state index contributed by atoms with van der Waals surface area (Å²) in [5.41, 5.74) is 1.79. The number of pyridine rings is 1. The molecule has 4 rings (SSSR count). The monoisotopic (exact) mass is 396 g/mol. The Morgan fingerprint density at radius 2 is 2.07 bits per heavy atom. The molecule has 0 atom stereocenters. The Hall–Kier alpha value is -2.65. The summed E-state index contributed by atoms with van der Waals surface area (Å²) < 4.78 is 1.94. The number of carbonyl (C=O) groups is 1. The molecule has 1 aliphatic rings. The molecular formula is C18H16N6OS2. The van der Waals surface area contributed by atoms with Gasteiger partial charge >= 0.3 is 0 Å². The van der Waals surface area contributed by atoms with Crippen LogP contribution in [0.25, 0.3) is 17.1 Å². The second-order valence-corrected chi connectivity index (χ2v) is 7.62. The van der Waals surface area contributed by atoms with E-state index in [1.165, 1.54) is 11.8 Å². The lowest BCUT2D eigenvalue weighted by atomic mass is 10.2. The van der Waals surface area contributed by atoms with Gasteiger partial charge in [0.05, 0.1) is 12.3 Å². The zero-order valence-electron chi connectivity index (χ0n) is 14.3. The molecule has 0 bridgehead atoms. The van der Waals surface area contributed by atoms with Crippen LogP contribution in [0.1, 0.15) is 0 Å². The Labute approximate surface area is 164 Å². The molecule has 7 nitrogen and oxygen atoms in total. The van der Waals surface area contributed by atoms with Gasteiger partial charge < -0.3 is 5.32 Å². The number of benzene rings is 1. The number of hydrogen-bond donors (Lipinski definition) is 1. The number of nitrogens with one attached hydrogen (secondary N) is 1. The molecule has 0 fully saturated rings. The van der Waals surface area contributed by atoms with Gasteiger partial charge in [0.15, 0.2) is 16.1 Å². The number of carbonyl (C=O) groups excluding carboxylic acids is 1. The third-order valence-corrected chi connectivity index (χ3v) is 5.55. The van der Waals surface area contributed by atoms with Crippen molar-refractivity contribution in [2.24, 2.45) is 4.99 Å². The van der Waals surface area contributed by atoms with Crippen LogP contribution in [-0.2, 0) is 4.79 Å². The van der Waals surface area contributed by atoms with Crippen molar-refractivity contribution in [2.45, 2.75) is 5.16 Å². The number of rotatable bonds is 5. The maximum atomic E-state index is 12.2. The zero-order chi connectivity index (χ0) is 18.5. The third kappa shape index (κ3) is 4.20. The SMILES string of the molecule is O=C(CSc1nnc(-c2cccnc2)n1-c1ccccc1)NC1=NCCS1. The van der Waals surface area contributed by atoms with Crippen molar-refractivity contribution in [2.75, 3.05) is 18.1 Å². The van der Waals surface area contributed by atoms with Crippen molar-refractivity contribution in [3.63, 3.8) is 0 Å². The second-order valence-electron chi connectivity index (χ2n) is 5.59. The van der Waals surface area contributed by atoms with Crippen LogP contribution in [0.3, 0.4) is 0 Å². The van der Waals surface area contributed by atoms with Crippen LogP contribution in [0.5, 0.6) is 0 Å². The van der Waals surface area contributed by atoms with Gasteiger partial charge in [0.25, 0.3) is 0 Å². The maximum Gasteiger partial charge on any atom is 0.236 e. The van der Waals surface area contributed by atoms with Crippen molar-refractivity contribution in [3.05, 3.63) is 54.9 Å². The molecule has 1 aliphatic heterocycles. The van der Waals surface area contributed by atoms with Crippen molar-refractivity contribution in [1.82, 2.24) is 25.1 Å². The van der Waals surface area contributed by atoms with Gasteiger partial charge in [0.2, 0.25) is 5.91 Å². The number of aliphatic imine (C=N–C) groups is 1. The topological polar surface area (TPSA) is 85.1 Å². The van der Waals surface area contributed by atoms with E-state index >= 15 is 0 Å². The van der Waals surface area contributed by atoms with Crippen LogP contribution in [0.2, 0.25) is 0 Å². The van der Waals surface area contributed by atoms with Crippen LogP contribution in [-0.4, -0.2) is 48.9 Å². The zero-order valence-corrected chi connectivity index (χ0v) is 15.9. The van der Waals surface area contributed by atoms with Crippen molar-refractivity contribution in [1.29, 1.82) is 0 Å². The molecule has 0 spiro atoms.